The molecule has 0 radical (unpaired) electrons. The SMILES string of the molecule is N#Cc1cc(F)cc(Cn2cc(-c3ccccc3)cn2)c1. The number of halogens is 1. The Morgan fingerprint density at radius 2 is 1.90 bits per heavy atom. The van der Waals surface area contributed by atoms with Gasteiger partial charge in [-0.05, 0) is 29.3 Å². The topological polar surface area (TPSA) is 41.6 Å². The fourth-order valence-corrected chi connectivity index (χ4v) is 2.22. The Labute approximate surface area is 121 Å². The second kappa shape index (κ2) is 5.59. The summed E-state index contributed by atoms with van der Waals surface area (Å²) in [6.07, 6.45) is 3.69. The summed E-state index contributed by atoms with van der Waals surface area (Å²) in [5, 5.41) is 13.2. The van der Waals surface area contributed by atoms with E-state index in [0.717, 1.165) is 11.1 Å². The van der Waals surface area contributed by atoms with Gasteiger partial charge in [-0.2, -0.15) is 10.4 Å². The summed E-state index contributed by atoms with van der Waals surface area (Å²) < 4.78 is 15.1. The van der Waals surface area contributed by atoms with E-state index in [1.54, 1.807) is 16.9 Å². The predicted molar refractivity (Wildman–Crippen MR) is 77.9 cm³/mol. The monoisotopic (exact) mass is 277 g/mol. The molecule has 0 atom stereocenters. The molecule has 0 fully saturated rings. The summed E-state index contributed by atoms with van der Waals surface area (Å²) in [4.78, 5) is 0. The minimum atomic E-state index is -0.403. The Hall–Kier alpha value is -2.93. The molecule has 3 nitrogen and oxygen atoms in total. The van der Waals surface area contributed by atoms with Crippen LogP contribution in [0.1, 0.15) is 11.1 Å². The fourth-order valence-electron chi connectivity index (χ4n) is 2.22. The molecular formula is C17H12FN3. The molecule has 0 saturated heterocycles. The highest BCUT2D eigenvalue weighted by Gasteiger charge is 2.04. The summed E-state index contributed by atoms with van der Waals surface area (Å²) in [6, 6.07) is 16.2. The minimum Gasteiger partial charge on any atom is -0.268 e. The van der Waals surface area contributed by atoms with Gasteiger partial charge in [0.25, 0.3) is 0 Å². The summed E-state index contributed by atoms with van der Waals surface area (Å²) in [5.41, 5.74) is 3.13. The molecule has 0 spiro atoms. The zero-order chi connectivity index (χ0) is 14.7. The van der Waals surface area contributed by atoms with E-state index in [9.17, 15) is 4.39 Å². The van der Waals surface area contributed by atoms with E-state index >= 15 is 0 Å². The lowest BCUT2D eigenvalue weighted by Crippen LogP contribution is -2.00. The average molecular weight is 277 g/mol. The molecule has 3 rings (SSSR count). The smallest absolute Gasteiger partial charge is 0.124 e. The molecule has 2 aromatic carbocycles. The Morgan fingerprint density at radius 1 is 1.10 bits per heavy atom. The van der Waals surface area contributed by atoms with Crippen LogP contribution < -0.4 is 0 Å². The van der Waals surface area contributed by atoms with Crippen LogP contribution in [0.15, 0.2) is 60.9 Å². The van der Waals surface area contributed by atoms with Crippen LogP contribution in [-0.4, -0.2) is 9.78 Å². The molecule has 0 unspecified atom stereocenters. The highest BCUT2D eigenvalue weighted by atomic mass is 19.1. The van der Waals surface area contributed by atoms with Crippen LogP contribution in [0, 0.1) is 17.1 Å². The van der Waals surface area contributed by atoms with Crippen LogP contribution in [0.25, 0.3) is 11.1 Å². The van der Waals surface area contributed by atoms with Crippen molar-refractivity contribution in [1.82, 2.24) is 9.78 Å². The number of rotatable bonds is 3. The van der Waals surface area contributed by atoms with Crippen molar-refractivity contribution >= 4 is 0 Å². The molecule has 1 heterocycles. The molecule has 0 aliphatic carbocycles. The van der Waals surface area contributed by atoms with E-state index in [2.05, 4.69) is 5.10 Å². The number of hydrogen-bond acceptors (Lipinski definition) is 2. The van der Waals surface area contributed by atoms with Crippen molar-refractivity contribution in [2.24, 2.45) is 0 Å². The van der Waals surface area contributed by atoms with Crippen LogP contribution in [0.2, 0.25) is 0 Å². The molecule has 0 aliphatic rings. The van der Waals surface area contributed by atoms with Crippen LogP contribution in [0.4, 0.5) is 4.39 Å². The van der Waals surface area contributed by atoms with Crippen molar-refractivity contribution in [2.45, 2.75) is 6.54 Å². The highest BCUT2D eigenvalue weighted by molar-refractivity contribution is 5.61. The van der Waals surface area contributed by atoms with Crippen LogP contribution >= 0.6 is 0 Å². The first kappa shape index (κ1) is 13.1. The van der Waals surface area contributed by atoms with Crippen LogP contribution in [0.5, 0.6) is 0 Å². The van der Waals surface area contributed by atoms with Gasteiger partial charge in [0.1, 0.15) is 5.82 Å². The maximum Gasteiger partial charge on any atom is 0.124 e. The number of nitriles is 1. The zero-order valence-corrected chi connectivity index (χ0v) is 11.2. The largest absolute Gasteiger partial charge is 0.268 e. The first-order chi connectivity index (χ1) is 10.2. The van der Waals surface area contributed by atoms with E-state index in [-0.39, 0.29) is 0 Å². The minimum absolute atomic E-state index is 0.320. The van der Waals surface area contributed by atoms with Crippen molar-refractivity contribution in [2.75, 3.05) is 0 Å². The zero-order valence-electron chi connectivity index (χ0n) is 11.2. The Bertz CT molecular complexity index is 800. The maximum absolute atomic E-state index is 13.4. The van der Waals surface area contributed by atoms with Gasteiger partial charge in [0.05, 0.1) is 24.4 Å². The third-order valence-corrected chi connectivity index (χ3v) is 3.17. The van der Waals surface area contributed by atoms with Gasteiger partial charge in [-0.25, -0.2) is 4.39 Å². The number of nitrogens with zero attached hydrogens (tertiary/aromatic N) is 3. The van der Waals surface area contributed by atoms with E-state index in [1.807, 2.05) is 42.6 Å². The molecule has 0 amide bonds. The average Bonchev–Trinajstić information content (AvgIpc) is 2.96. The standard InChI is InChI=1S/C17H12FN3/c18-17-7-13(9-19)6-14(8-17)11-21-12-16(10-20-21)15-4-2-1-3-5-15/h1-8,10,12H,11H2. The van der Waals surface area contributed by atoms with Gasteiger partial charge in [-0.1, -0.05) is 30.3 Å². The van der Waals surface area contributed by atoms with E-state index in [1.165, 1.54) is 12.1 Å². The van der Waals surface area contributed by atoms with E-state index in [0.29, 0.717) is 17.7 Å². The molecular weight excluding hydrogens is 265 g/mol. The lowest BCUT2D eigenvalue weighted by atomic mass is 10.1. The fraction of sp³-hybridized carbons (Fsp3) is 0.0588. The Balaban J connectivity index is 1.85. The van der Waals surface area contributed by atoms with Crippen molar-refractivity contribution in [3.63, 3.8) is 0 Å². The van der Waals surface area contributed by atoms with Gasteiger partial charge in [0.2, 0.25) is 0 Å². The lowest BCUT2D eigenvalue weighted by molar-refractivity contribution is 0.618. The second-order valence-electron chi connectivity index (χ2n) is 4.75. The summed E-state index contributed by atoms with van der Waals surface area (Å²) in [7, 11) is 0. The van der Waals surface area contributed by atoms with Gasteiger partial charge < -0.3 is 0 Å². The van der Waals surface area contributed by atoms with E-state index in [4.69, 9.17) is 5.26 Å². The molecule has 0 N–H and O–H groups in total. The predicted octanol–water partition coefficient (Wildman–Crippen LogP) is 3.61. The van der Waals surface area contributed by atoms with Gasteiger partial charge >= 0.3 is 0 Å². The summed E-state index contributed by atoms with van der Waals surface area (Å²) in [6.45, 7) is 0.430. The Morgan fingerprint density at radius 3 is 2.67 bits per heavy atom. The molecule has 1 aromatic heterocycles. The molecule has 102 valence electrons. The van der Waals surface area contributed by atoms with Crippen molar-refractivity contribution in [3.05, 3.63) is 77.9 Å². The molecule has 3 aromatic rings. The third kappa shape index (κ3) is 2.98. The van der Waals surface area contributed by atoms with Crippen molar-refractivity contribution < 1.29 is 4.39 Å². The first-order valence-electron chi connectivity index (χ1n) is 6.52. The maximum atomic E-state index is 13.4. The number of hydrogen-bond donors (Lipinski definition) is 0. The quantitative estimate of drug-likeness (QED) is 0.734. The normalized spacial score (nSPS) is 10.3. The van der Waals surface area contributed by atoms with Crippen molar-refractivity contribution in [1.29, 1.82) is 5.26 Å². The van der Waals surface area contributed by atoms with Crippen LogP contribution in [0.3, 0.4) is 0 Å². The molecule has 0 aliphatic heterocycles. The van der Waals surface area contributed by atoms with E-state index < -0.39 is 5.82 Å². The molecule has 0 saturated carbocycles. The summed E-state index contributed by atoms with van der Waals surface area (Å²) in [5.74, 6) is -0.403. The molecule has 0 bridgehead atoms. The third-order valence-electron chi connectivity index (χ3n) is 3.17. The van der Waals surface area contributed by atoms with Gasteiger partial charge in [0, 0.05) is 11.8 Å². The number of benzene rings is 2. The number of aromatic nitrogens is 2. The first-order valence-corrected chi connectivity index (χ1v) is 6.52. The summed E-state index contributed by atoms with van der Waals surface area (Å²) >= 11 is 0. The highest BCUT2D eigenvalue weighted by Crippen LogP contribution is 2.18. The van der Waals surface area contributed by atoms with Gasteiger partial charge in [-0.15, -0.1) is 0 Å². The molecule has 21 heavy (non-hydrogen) atoms. The van der Waals surface area contributed by atoms with Gasteiger partial charge in [0.15, 0.2) is 0 Å². The Kier molecular flexibility index (Phi) is 3.48. The lowest BCUT2D eigenvalue weighted by Gasteiger charge is -2.03. The molecule has 4 heteroatoms. The van der Waals surface area contributed by atoms with Crippen molar-refractivity contribution in [3.8, 4) is 17.2 Å². The van der Waals surface area contributed by atoms with Gasteiger partial charge in [-0.3, -0.25) is 4.68 Å². The second-order valence-corrected chi connectivity index (χ2v) is 4.75. The van der Waals surface area contributed by atoms with Crippen LogP contribution in [-0.2, 0) is 6.54 Å².